The third-order valence-electron chi connectivity index (χ3n) is 1.52. The summed E-state index contributed by atoms with van der Waals surface area (Å²) in [6.45, 7) is 0. The molecule has 1 nitrogen and oxygen atoms in total. The molecule has 2 aromatic heterocycles. The number of thiophene rings is 1. The molecule has 0 unspecified atom stereocenters. The molecule has 12 heavy (non-hydrogen) atoms. The molecule has 2 aromatic rings. The smallest absolute Gasteiger partial charge is 0.0705 e. The molecule has 3 heteroatoms. The number of aromatic nitrogens is 1. The SMILES string of the molecule is Brc1ccc(-c2cccnc2)s1. The summed E-state index contributed by atoms with van der Waals surface area (Å²) in [5.41, 5.74) is 1.17. The first kappa shape index (κ1) is 7.95. The average Bonchev–Trinajstić information content (AvgIpc) is 2.54. The summed E-state index contributed by atoms with van der Waals surface area (Å²) in [5, 5.41) is 0. The zero-order chi connectivity index (χ0) is 8.39. The van der Waals surface area contributed by atoms with E-state index in [4.69, 9.17) is 0 Å². The van der Waals surface area contributed by atoms with Gasteiger partial charge in [-0.2, -0.15) is 0 Å². The van der Waals surface area contributed by atoms with Crippen LogP contribution in [0, 0.1) is 0 Å². The number of rotatable bonds is 1. The third-order valence-corrected chi connectivity index (χ3v) is 3.19. The van der Waals surface area contributed by atoms with Gasteiger partial charge in [0.05, 0.1) is 3.79 Å². The van der Waals surface area contributed by atoms with E-state index in [1.54, 1.807) is 17.5 Å². The number of halogens is 1. The maximum atomic E-state index is 4.06. The van der Waals surface area contributed by atoms with Gasteiger partial charge in [0.15, 0.2) is 0 Å². The van der Waals surface area contributed by atoms with Gasteiger partial charge in [-0.3, -0.25) is 4.98 Å². The van der Waals surface area contributed by atoms with E-state index in [0.717, 1.165) is 3.79 Å². The van der Waals surface area contributed by atoms with Crippen molar-refractivity contribution >= 4 is 27.3 Å². The molecule has 0 spiro atoms. The van der Waals surface area contributed by atoms with Crippen LogP contribution in [0.4, 0.5) is 0 Å². The summed E-state index contributed by atoms with van der Waals surface area (Å²) >= 11 is 5.15. The Kier molecular flexibility index (Phi) is 2.23. The molecule has 0 aliphatic heterocycles. The molecule has 0 fully saturated rings. The summed E-state index contributed by atoms with van der Waals surface area (Å²) in [4.78, 5) is 5.31. The fourth-order valence-electron chi connectivity index (χ4n) is 0.978. The fraction of sp³-hybridized carbons (Fsp3) is 0. The number of pyridine rings is 1. The monoisotopic (exact) mass is 239 g/mol. The Bertz CT molecular complexity index is 369. The van der Waals surface area contributed by atoms with Gasteiger partial charge in [0, 0.05) is 22.8 Å². The van der Waals surface area contributed by atoms with Crippen molar-refractivity contribution < 1.29 is 0 Å². The van der Waals surface area contributed by atoms with Gasteiger partial charge in [-0.1, -0.05) is 6.07 Å². The highest BCUT2D eigenvalue weighted by molar-refractivity contribution is 9.11. The van der Waals surface area contributed by atoms with E-state index in [2.05, 4.69) is 33.0 Å². The lowest BCUT2D eigenvalue weighted by Crippen LogP contribution is -1.72. The molecule has 0 bridgehead atoms. The summed E-state index contributed by atoms with van der Waals surface area (Å²) in [6.07, 6.45) is 3.66. The molecule has 60 valence electrons. The molecule has 0 aromatic carbocycles. The molecule has 2 rings (SSSR count). The molecule has 0 aliphatic carbocycles. The topological polar surface area (TPSA) is 12.9 Å². The molecule has 0 atom stereocenters. The van der Waals surface area contributed by atoms with Crippen LogP contribution in [0.2, 0.25) is 0 Å². The zero-order valence-electron chi connectivity index (χ0n) is 6.20. The van der Waals surface area contributed by atoms with Gasteiger partial charge in [0.25, 0.3) is 0 Å². The quantitative estimate of drug-likeness (QED) is 0.742. The predicted octanol–water partition coefficient (Wildman–Crippen LogP) is 3.57. The van der Waals surface area contributed by atoms with Crippen LogP contribution in [0.3, 0.4) is 0 Å². The van der Waals surface area contributed by atoms with Crippen molar-refractivity contribution in [3.05, 3.63) is 40.4 Å². The van der Waals surface area contributed by atoms with Gasteiger partial charge >= 0.3 is 0 Å². The van der Waals surface area contributed by atoms with Crippen LogP contribution in [0.15, 0.2) is 40.4 Å². The van der Waals surface area contributed by atoms with Gasteiger partial charge in [-0.05, 0) is 34.1 Å². The van der Waals surface area contributed by atoms with E-state index in [0.29, 0.717) is 0 Å². The minimum Gasteiger partial charge on any atom is -0.264 e. The predicted molar refractivity (Wildman–Crippen MR) is 55.3 cm³/mol. The second kappa shape index (κ2) is 3.37. The van der Waals surface area contributed by atoms with E-state index in [9.17, 15) is 0 Å². The zero-order valence-corrected chi connectivity index (χ0v) is 8.60. The van der Waals surface area contributed by atoms with Crippen molar-refractivity contribution in [2.75, 3.05) is 0 Å². The third kappa shape index (κ3) is 1.57. The van der Waals surface area contributed by atoms with Crippen molar-refractivity contribution in [2.45, 2.75) is 0 Å². The lowest BCUT2D eigenvalue weighted by atomic mass is 10.2. The fourth-order valence-corrected chi connectivity index (χ4v) is 2.35. The molecule has 0 saturated heterocycles. The molecule has 0 aliphatic rings. The van der Waals surface area contributed by atoms with Gasteiger partial charge in [-0.25, -0.2) is 0 Å². The Hall–Kier alpha value is -0.670. The normalized spacial score (nSPS) is 10.1. The molecular weight excluding hydrogens is 234 g/mol. The standard InChI is InChI=1S/C9H6BrNS/c10-9-4-3-8(12-9)7-2-1-5-11-6-7/h1-6H. The first-order valence-corrected chi connectivity index (χ1v) is 5.13. The highest BCUT2D eigenvalue weighted by atomic mass is 79.9. The minimum absolute atomic E-state index is 1.15. The summed E-state index contributed by atoms with van der Waals surface area (Å²) in [5.74, 6) is 0. The van der Waals surface area contributed by atoms with Crippen molar-refractivity contribution in [3.63, 3.8) is 0 Å². The Morgan fingerprint density at radius 2 is 2.17 bits per heavy atom. The second-order valence-electron chi connectivity index (χ2n) is 2.35. The average molecular weight is 240 g/mol. The Labute approximate surface area is 83.2 Å². The maximum absolute atomic E-state index is 4.06. The van der Waals surface area contributed by atoms with E-state index < -0.39 is 0 Å². The Morgan fingerprint density at radius 1 is 1.25 bits per heavy atom. The first-order chi connectivity index (χ1) is 5.86. The second-order valence-corrected chi connectivity index (χ2v) is 4.81. The molecule has 0 N–H and O–H groups in total. The van der Waals surface area contributed by atoms with Crippen LogP contribution in [0.1, 0.15) is 0 Å². The van der Waals surface area contributed by atoms with Crippen LogP contribution in [0.5, 0.6) is 0 Å². The highest BCUT2D eigenvalue weighted by Crippen LogP contribution is 2.30. The van der Waals surface area contributed by atoms with Gasteiger partial charge in [0.2, 0.25) is 0 Å². The lowest BCUT2D eigenvalue weighted by molar-refractivity contribution is 1.33. The van der Waals surface area contributed by atoms with E-state index in [1.165, 1.54) is 10.4 Å². The number of hydrogen-bond donors (Lipinski definition) is 0. The molecule has 0 amide bonds. The van der Waals surface area contributed by atoms with Crippen molar-refractivity contribution in [1.29, 1.82) is 0 Å². The van der Waals surface area contributed by atoms with Crippen molar-refractivity contribution in [2.24, 2.45) is 0 Å². The summed E-state index contributed by atoms with van der Waals surface area (Å²) in [7, 11) is 0. The Balaban J connectivity index is 2.45. The van der Waals surface area contributed by atoms with E-state index in [1.807, 2.05) is 18.3 Å². The first-order valence-electron chi connectivity index (χ1n) is 3.52. The van der Waals surface area contributed by atoms with Gasteiger partial charge in [0.1, 0.15) is 0 Å². The largest absolute Gasteiger partial charge is 0.264 e. The Morgan fingerprint density at radius 3 is 2.75 bits per heavy atom. The number of nitrogens with zero attached hydrogens (tertiary/aromatic N) is 1. The molecule has 0 radical (unpaired) electrons. The molecule has 2 heterocycles. The molecular formula is C9H6BrNS. The minimum atomic E-state index is 1.15. The van der Waals surface area contributed by atoms with E-state index >= 15 is 0 Å². The summed E-state index contributed by atoms with van der Waals surface area (Å²) < 4.78 is 1.15. The van der Waals surface area contributed by atoms with Gasteiger partial charge in [-0.15, -0.1) is 11.3 Å². The van der Waals surface area contributed by atoms with Crippen LogP contribution in [-0.4, -0.2) is 4.98 Å². The van der Waals surface area contributed by atoms with Crippen LogP contribution >= 0.6 is 27.3 Å². The number of hydrogen-bond acceptors (Lipinski definition) is 2. The lowest BCUT2D eigenvalue weighted by Gasteiger charge is -1.92. The van der Waals surface area contributed by atoms with Crippen molar-refractivity contribution in [1.82, 2.24) is 4.98 Å². The molecule has 0 saturated carbocycles. The van der Waals surface area contributed by atoms with Gasteiger partial charge < -0.3 is 0 Å². The van der Waals surface area contributed by atoms with Crippen LogP contribution < -0.4 is 0 Å². The van der Waals surface area contributed by atoms with E-state index in [-0.39, 0.29) is 0 Å². The van der Waals surface area contributed by atoms with Crippen LogP contribution in [-0.2, 0) is 0 Å². The van der Waals surface area contributed by atoms with Crippen molar-refractivity contribution in [3.8, 4) is 10.4 Å². The van der Waals surface area contributed by atoms with Crippen LogP contribution in [0.25, 0.3) is 10.4 Å². The summed E-state index contributed by atoms with van der Waals surface area (Å²) in [6, 6.07) is 8.15. The maximum Gasteiger partial charge on any atom is 0.0705 e. The highest BCUT2D eigenvalue weighted by Gasteiger charge is 1.99.